The van der Waals surface area contributed by atoms with E-state index in [-0.39, 0.29) is 5.56 Å². The maximum Gasteiger partial charge on any atom is 0.162 e. The summed E-state index contributed by atoms with van der Waals surface area (Å²) in [6.07, 6.45) is 8.78. The molecule has 0 bridgehead atoms. The van der Waals surface area contributed by atoms with Crippen molar-refractivity contribution in [2.75, 3.05) is 45.2 Å². The molecule has 0 radical (unpaired) electrons. The highest BCUT2D eigenvalue weighted by Gasteiger charge is 2.19. The van der Waals surface area contributed by atoms with Crippen LogP contribution in [-0.2, 0) is 0 Å². The zero-order chi connectivity index (χ0) is 24.8. The minimum atomic E-state index is -0.459. The number of aromatic nitrogens is 2. The molecule has 0 aliphatic carbocycles. The number of amidine groups is 1. The fraction of sp³-hybridized carbons (Fsp3) is 0.280. The molecule has 1 aliphatic heterocycles. The van der Waals surface area contributed by atoms with Gasteiger partial charge in [0, 0.05) is 36.8 Å². The van der Waals surface area contributed by atoms with E-state index in [9.17, 15) is 4.39 Å². The first-order chi connectivity index (χ1) is 17.0. The summed E-state index contributed by atoms with van der Waals surface area (Å²) in [4.78, 5) is 12.5. The maximum absolute atomic E-state index is 13.8. The van der Waals surface area contributed by atoms with Gasteiger partial charge in [-0.15, -0.1) is 6.42 Å². The van der Waals surface area contributed by atoms with Gasteiger partial charge in [0.1, 0.15) is 23.8 Å². The molecule has 10 heteroatoms. The minimum Gasteiger partial charge on any atom is -0.493 e. The van der Waals surface area contributed by atoms with Gasteiger partial charge in [-0.2, -0.15) is 0 Å². The van der Waals surface area contributed by atoms with E-state index in [0.717, 1.165) is 19.5 Å². The Morgan fingerprint density at radius 3 is 2.83 bits per heavy atom. The molecule has 2 heterocycles. The lowest BCUT2D eigenvalue weighted by Crippen LogP contribution is -2.49. The number of methoxy groups -OCH3 is 1. The largest absolute Gasteiger partial charge is 0.493 e. The summed E-state index contributed by atoms with van der Waals surface area (Å²) in [5.74, 6) is 3.94. The molecule has 35 heavy (non-hydrogen) atoms. The first-order valence-electron chi connectivity index (χ1n) is 11.1. The molecule has 180 valence electrons. The van der Waals surface area contributed by atoms with Crippen LogP contribution >= 0.6 is 0 Å². The first-order valence-corrected chi connectivity index (χ1v) is 11.1. The average molecular weight is 476 g/mol. The fourth-order valence-corrected chi connectivity index (χ4v) is 3.86. The summed E-state index contributed by atoms with van der Waals surface area (Å²) in [7, 11) is 1.57. The summed E-state index contributed by atoms with van der Waals surface area (Å²) >= 11 is 0. The van der Waals surface area contributed by atoms with Crippen LogP contribution in [0.1, 0.15) is 12.0 Å². The van der Waals surface area contributed by atoms with Gasteiger partial charge in [0.15, 0.2) is 11.5 Å². The van der Waals surface area contributed by atoms with Crippen LogP contribution in [0, 0.1) is 29.0 Å². The zero-order valence-corrected chi connectivity index (χ0v) is 19.3. The van der Waals surface area contributed by atoms with E-state index in [2.05, 4.69) is 26.1 Å². The Balaban J connectivity index is 1.47. The molecule has 4 rings (SSSR count). The van der Waals surface area contributed by atoms with E-state index in [1.165, 1.54) is 18.7 Å². The second-order valence-electron chi connectivity index (χ2n) is 7.95. The summed E-state index contributed by atoms with van der Waals surface area (Å²) in [6.45, 7) is 3.20. The van der Waals surface area contributed by atoms with Crippen molar-refractivity contribution in [3.05, 3.63) is 48.0 Å². The Bertz CT molecular complexity index is 1290. The SMILES string of the molecule is C#Cc1cc(Nc2ncnc3cc(OC)c(OCCCN4CCN(C=N)C(=N)C4)cc23)ccc1F. The Kier molecular flexibility index (Phi) is 7.38. The van der Waals surface area contributed by atoms with E-state index in [4.69, 9.17) is 26.7 Å². The van der Waals surface area contributed by atoms with Crippen LogP contribution in [0.2, 0.25) is 0 Å². The molecule has 1 aliphatic rings. The Morgan fingerprint density at radius 2 is 2.09 bits per heavy atom. The van der Waals surface area contributed by atoms with Gasteiger partial charge in [0.05, 0.1) is 37.7 Å². The van der Waals surface area contributed by atoms with Crippen LogP contribution < -0.4 is 14.8 Å². The Labute approximate surface area is 202 Å². The number of rotatable bonds is 9. The maximum atomic E-state index is 13.8. The summed E-state index contributed by atoms with van der Waals surface area (Å²) < 4.78 is 25.3. The van der Waals surface area contributed by atoms with Crippen LogP contribution in [0.4, 0.5) is 15.9 Å². The lowest BCUT2D eigenvalue weighted by atomic mass is 10.1. The zero-order valence-electron chi connectivity index (χ0n) is 19.3. The summed E-state index contributed by atoms with van der Waals surface area (Å²) in [5, 5.41) is 19.2. The second-order valence-corrected chi connectivity index (χ2v) is 7.95. The molecule has 3 N–H and O–H groups in total. The average Bonchev–Trinajstić information content (AvgIpc) is 2.87. The number of hydrogen-bond donors (Lipinski definition) is 3. The van der Waals surface area contributed by atoms with Crippen LogP contribution in [0.3, 0.4) is 0 Å². The molecule has 0 spiro atoms. The highest BCUT2D eigenvalue weighted by Crippen LogP contribution is 2.35. The standard InChI is InChI=1S/C25H26FN7O2/c1-3-17-11-18(5-6-20(17)26)31-25-19-12-23(22(34-2)13-21(19)29-16-30-25)35-10-4-7-32-8-9-33(15-27)24(28)14-32/h1,5-6,11-13,15-16,27-28H,4,7-10,14H2,2H3,(H,29,30,31). The molecule has 1 aromatic heterocycles. The normalized spacial score (nSPS) is 14.0. The molecule has 0 amide bonds. The van der Waals surface area contributed by atoms with Gasteiger partial charge < -0.3 is 19.7 Å². The van der Waals surface area contributed by atoms with Crippen LogP contribution in [0.25, 0.3) is 10.9 Å². The van der Waals surface area contributed by atoms with Crippen molar-refractivity contribution in [3.8, 4) is 23.8 Å². The number of piperazine rings is 1. The van der Waals surface area contributed by atoms with Gasteiger partial charge in [0.25, 0.3) is 0 Å². The second kappa shape index (κ2) is 10.8. The molecule has 0 atom stereocenters. The number of fused-ring (bicyclic) bond motifs is 1. The summed E-state index contributed by atoms with van der Waals surface area (Å²) in [6, 6.07) is 8.05. The van der Waals surface area contributed by atoms with Crippen molar-refractivity contribution in [2.24, 2.45) is 0 Å². The highest BCUT2D eigenvalue weighted by atomic mass is 19.1. The van der Waals surface area contributed by atoms with Crippen molar-refractivity contribution in [1.82, 2.24) is 19.8 Å². The topological polar surface area (TPSA) is 110 Å². The van der Waals surface area contributed by atoms with Crippen LogP contribution in [-0.4, -0.2) is 71.8 Å². The van der Waals surface area contributed by atoms with E-state index >= 15 is 0 Å². The van der Waals surface area contributed by atoms with Gasteiger partial charge >= 0.3 is 0 Å². The van der Waals surface area contributed by atoms with Gasteiger partial charge in [-0.25, -0.2) is 14.4 Å². The van der Waals surface area contributed by atoms with Crippen LogP contribution in [0.5, 0.6) is 11.5 Å². The van der Waals surface area contributed by atoms with Crippen molar-refractivity contribution < 1.29 is 13.9 Å². The number of halogens is 1. The van der Waals surface area contributed by atoms with E-state index in [1.54, 1.807) is 30.2 Å². The lowest BCUT2D eigenvalue weighted by Gasteiger charge is -2.33. The third kappa shape index (κ3) is 5.47. The van der Waals surface area contributed by atoms with E-state index in [1.807, 2.05) is 6.07 Å². The smallest absolute Gasteiger partial charge is 0.162 e. The number of nitrogens with one attached hydrogen (secondary N) is 3. The molecule has 3 aromatic rings. The van der Waals surface area contributed by atoms with Crippen molar-refractivity contribution in [1.29, 1.82) is 10.8 Å². The molecule has 0 unspecified atom stereocenters. The third-order valence-corrected chi connectivity index (χ3v) is 5.71. The van der Waals surface area contributed by atoms with Gasteiger partial charge in [-0.1, -0.05) is 5.92 Å². The van der Waals surface area contributed by atoms with E-state index < -0.39 is 5.82 Å². The number of benzene rings is 2. The first kappa shape index (κ1) is 23.9. The number of anilines is 2. The predicted octanol–water partition coefficient (Wildman–Crippen LogP) is 3.47. The van der Waals surface area contributed by atoms with E-state index in [0.29, 0.717) is 59.4 Å². The number of ether oxygens (including phenoxy) is 2. The molecule has 1 fully saturated rings. The molecular formula is C25H26FN7O2. The Hall–Kier alpha value is -4.23. The fourth-order valence-electron chi connectivity index (χ4n) is 3.86. The Morgan fingerprint density at radius 1 is 1.23 bits per heavy atom. The highest BCUT2D eigenvalue weighted by molar-refractivity contribution is 5.93. The number of terminal acetylenes is 1. The molecule has 2 aromatic carbocycles. The quantitative estimate of drug-likeness (QED) is 0.188. The van der Waals surface area contributed by atoms with Crippen molar-refractivity contribution >= 4 is 34.6 Å². The van der Waals surface area contributed by atoms with Gasteiger partial charge in [0.2, 0.25) is 0 Å². The minimum absolute atomic E-state index is 0.161. The molecule has 1 saturated heterocycles. The number of hydrogen-bond acceptors (Lipinski definition) is 8. The number of nitrogens with zero attached hydrogens (tertiary/aromatic N) is 4. The summed E-state index contributed by atoms with van der Waals surface area (Å²) in [5.41, 5.74) is 1.42. The van der Waals surface area contributed by atoms with Crippen LogP contribution in [0.15, 0.2) is 36.7 Å². The monoisotopic (exact) mass is 475 g/mol. The third-order valence-electron chi connectivity index (χ3n) is 5.71. The van der Waals surface area contributed by atoms with Gasteiger partial charge in [-0.3, -0.25) is 15.7 Å². The van der Waals surface area contributed by atoms with Crippen molar-refractivity contribution in [3.63, 3.8) is 0 Å². The lowest BCUT2D eigenvalue weighted by molar-refractivity contribution is 0.226. The predicted molar refractivity (Wildman–Crippen MR) is 133 cm³/mol. The molecular weight excluding hydrogens is 449 g/mol. The van der Waals surface area contributed by atoms with Crippen molar-refractivity contribution in [2.45, 2.75) is 6.42 Å². The molecule has 0 saturated carbocycles. The molecule has 9 nitrogen and oxygen atoms in total. The van der Waals surface area contributed by atoms with Gasteiger partial charge in [-0.05, 0) is 30.7 Å².